The molecule has 2 heteroatoms. The Labute approximate surface area is 109 Å². The van der Waals surface area contributed by atoms with Crippen molar-refractivity contribution in [3.8, 4) is 11.8 Å². The normalized spacial score (nSPS) is 48.5. The van der Waals surface area contributed by atoms with Crippen LogP contribution in [0.15, 0.2) is 0 Å². The smallest absolute Gasteiger partial charge is 0.384 e. The van der Waals surface area contributed by atoms with Crippen molar-refractivity contribution in [2.75, 3.05) is 7.11 Å². The summed E-state index contributed by atoms with van der Waals surface area (Å²) in [6, 6.07) is 0. The molecule has 4 fully saturated rings. The van der Waals surface area contributed by atoms with Crippen LogP contribution in [0.5, 0.6) is 0 Å². The van der Waals surface area contributed by atoms with E-state index in [-0.39, 0.29) is 11.4 Å². The Morgan fingerprint density at radius 1 is 1.11 bits per heavy atom. The third-order valence-corrected chi connectivity index (χ3v) is 5.24. The van der Waals surface area contributed by atoms with Crippen LogP contribution in [0.1, 0.15) is 52.4 Å². The molecule has 0 heterocycles. The van der Waals surface area contributed by atoms with Crippen LogP contribution in [0, 0.1) is 34.0 Å². The summed E-state index contributed by atoms with van der Waals surface area (Å²) < 4.78 is 4.65. The highest BCUT2D eigenvalue weighted by Crippen LogP contribution is 2.69. The van der Waals surface area contributed by atoms with Crippen molar-refractivity contribution in [3.63, 3.8) is 0 Å². The van der Waals surface area contributed by atoms with Gasteiger partial charge in [-0.15, -0.1) is 0 Å². The number of hydrogen-bond acceptors (Lipinski definition) is 2. The highest BCUT2D eigenvalue weighted by Gasteiger charge is 2.59. The molecule has 0 radical (unpaired) electrons. The molecule has 4 bridgehead atoms. The van der Waals surface area contributed by atoms with Crippen molar-refractivity contribution in [1.82, 2.24) is 0 Å². The van der Waals surface area contributed by atoms with E-state index >= 15 is 0 Å². The van der Waals surface area contributed by atoms with Gasteiger partial charge in [0.15, 0.2) is 0 Å². The summed E-state index contributed by atoms with van der Waals surface area (Å²) >= 11 is 0. The van der Waals surface area contributed by atoms with E-state index in [0.29, 0.717) is 10.8 Å². The number of carbonyl (C=O) groups is 1. The third-order valence-electron chi connectivity index (χ3n) is 5.24. The number of ether oxygens (including phenoxy) is 1. The zero-order valence-corrected chi connectivity index (χ0v) is 11.6. The van der Waals surface area contributed by atoms with Crippen molar-refractivity contribution < 1.29 is 9.53 Å². The number of methoxy groups -OCH3 is 1. The predicted molar refractivity (Wildman–Crippen MR) is 69.6 cm³/mol. The summed E-state index contributed by atoms with van der Waals surface area (Å²) in [6.45, 7) is 4.84. The van der Waals surface area contributed by atoms with Crippen molar-refractivity contribution in [2.24, 2.45) is 22.2 Å². The van der Waals surface area contributed by atoms with Crippen molar-refractivity contribution in [1.29, 1.82) is 0 Å². The van der Waals surface area contributed by atoms with Gasteiger partial charge in [0.05, 0.1) is 7.11 Å². The minimum absolute atomic E-state index is 0.0944. The Bertz CT molecular complexity index is 435. The number of rotatable bonds is 0. The van der Waals surface area contributed by atoms with Crippen LogP contribution in [0.4, 0.5) is 0 Å². The fourth-order valence-corrected chi connectivity index (χ4v) is 5.82. The van der Waals surface area contributed by atoms with E-state index in [0.717, 1.165) is 5.92 Å². The van der Waals surface area contributed by atoms with Crippen LogP contribution in [0.25, 0.3) is 0 Å². The molecule has 4 saturated carbocycles. The summed E-state index contributed by atoms with van der Waals surface area (Å²) in [6.07, 6.45) is 7.63. The van der Waals surface area contributed by atoms with E-state index in [9.17, 15) is 4.79 Å². The Kier molecular flexibility index (Phi) is 2.37. The Balaban J connectivity index is 1.93. The van der Waals surface area contributed by atoms with Gasteiger partial charge in [-0.1, -0.05) is 19.8 Å². The zero-order chi connectivity index (χ0) is 13.0. The monoisotopic (exact) mass is 246 g/mol. The molecule has 4 aliphatic rings. The molecule has 0 aromatic heterocycles. The van der Waals surface area contributed by atoms with E-state index in [1.54, 1.807) is 0 Å². The predicted octanol–water partition coefficient (Wildman–Crippen LogP) is 3.16. The number of esters is 1. The van der Waals surface area contributed by atoms with Gasteiger partial charge in [0.2, 0.25) is 0 Å². The van der Waals surface area contributed by atoms with Gasteiger partial charge in [-0.05, 0) is 55.3 Å². The first-order valence-corrected chi connectivity index (χ1v) is 6.97. The van der Waals surface area contributed by atoms with E-state index in [1.807, 2.05) is 0 Å². The van der Waals surface area contributed by atoms with Crippen LogP contribution in [0.2, 0.25) is 0 Å². The van der Waals surface area contributed by atoms with Gasteiger partial charge < -0.3 is 4.74 Å². The van der Waals surface area contributed by atoms with Crippen molar-refractivity contribution >= 4 is 5.97 Å². The Morgan fingerprint density at radius 2 is 1.72 bits per heavy atom. The first-order chi connectivity index (χ1) is 8.36. The molecule has 0 aliphatic heterocycles. The first-order valence-electron chi connectivity index (χ1n) is 6.97. The Morgan fingerprint density at radius 3 is 2.22 bits per heavy atom. The zero-order valence-electron chi connectivity index (χ0n) is 11.6. The summed E-state index contributed by atoms with van der Waals surface area (Å²) in [5.74, 6) is 6.45. The molecule has 98 valence electrons. The van der Waals surface area contributed by atoms with E-state index in [1.165, 1.54) is 45.6 Å². The quantitative estimate of drug-likeness (QED) is 0.373. The second kappa shape index (κ2) is 3.53. The Hall–Kier alpha value is -0.970. The van der Waals surface area contributed by atoms with Gasteiger partial charge in [-0.25, -0.2) is 4.79 Å². The van der Waals surface area contributed by atoms with Gasteiger partial charge in [-0.2, -0.15) is 0 Å². The average molecular weight is 246 g/mol. The maximum atomic E-state index is 11.3. The number of hydrogen-bond donors (Lipinski definition) is 0. The molecule has 0 N–H and O–H groups in total. The lowest BCUT2D eigenvalue weighted by Gasteiger charge is -2.64. The molecule has 4 aliphatic carbocycles. The number of carbonyl (C=O) groups excluding carboxylic acids is 1. The van der Waals surface area contributed by atoms with Crippen LogP contribution in [-0.4, -0.2) is 13.1 Å². The van der Waals surface area contributed by atoms with Crippen molar-refractivity contribution in [2.45, 2.75) is 52.4 Å². The maximum absolute atomic E-state index is 11.3. The lowest BCUT2D eigenvalue weighted by Crippen LogP contribution is -2.54. The fourth-order valence-electron chi connectivity index (χ4n) is 5.82. The van der Waals surface area contributed by atoms with Crippen LogP contribution in [-0.2, 0) is 9.53 Å². The summed E-state index contributed by atoms with van der Waals surface area (Å²) in [7, 11) is 1.40. The second-order valence-corrected chi connectivity index (χ2v) is 7.65. The van der Waals surface area contributed by atoms with Crippen LogP contribution < -0.4 is 0 Å². The molecule has 2 unspecified atom stereocenters. The molecule has 0 aromatic carbocycles. The molecule has 0 aromatic rings. The van der Waals surface area contributed by atoms with Gasteiger partial charge >= 0.3 is 5.97 Å². The first kappa shape index (κ1) is 12.1. The SMILES string of the molecule is COC(=O)C#CC12CC3CC(C)(CC(C)(C3)C1)C2. The average Bonchev–Trinajstić information content (AvgIpc) is 2.21. The third kappa shape index (κ3) is 1.85. The summed E-state index contributed by atoms with van der Waals surface area (Å²) in [5.41, 5.74) is 1.01. The molecule has 0 spiro atoms. The van der Waals surface area contributed by atoms with Crippen LogP contribution in [0.3, 0.4) is 0 Å². The lowest BCUT2D eigenvalue weighted by atomic mass is 9.40. The van der Waals surface area contributed by atoms with Crippen molar-refractivity contribution in [3.05, 3.63) is 0 Å². The lowest BCUT2D eigenvalue weighted by molar-refractivity contribution is -0.134. The van der Waals surface area contributed by atoms with Gasteiger partial charge in [-0.3, -0.25) is 0 Å². The molecule has 18 heavy (non-hydrogen) atoms. The highest BCUT2D eigenvalue weighted by atomic mass is 16.5. The minimum atomic E-state index is -0.388. The van der Waals surface area contributed by atoms with E-state index in [2.05, 4.69) is 30.4 Å². The molecular formula is C16H22O2. The molecule has 4 rings (SSSR count). The molecule has 2 atom stereocenters. The maximum Gasteiger partial charge on any atom is 0.384 e. The van der Waals surface area contributed by atoms with Gasteiger partial charge in [0.1, 0.15) is 0 Å². The topological polar surface area (TPSA) is 26.3 Å². The van der Waals surface area contributed by atoms with Gasteiger partial charge in [0, 0.05) is 11.3 Å². The molecular weight excluding hydrogens is 224 g/mol. The summed E-state index contributed by atoms with van der Waals surface area (Å²) in [5, 5.41) is 0. The fraction of sp³-hybridized carbons (Fsp3) is 0.812. The highest BCUT2D eigenvalue weighted by molar-refractivity contribution is 5.88. The van der Waals surface area contributed by atoms with E-state index in [4.69, 9.17) is 0 Å². The van der Waals surface area contributed by atoms with E-state index < -0.39 is 0 Å². The summed E-state index contributed by atoms with van der Waals surface area (Å²) in [4.78, 5) is 11.3. The standard InChI is InChI=1S/C16H22O2/c1-14-6-12-7-15(2,9-14)11-16(8-12,10-14)5-4-13(17)18-3/h12H,6-11H2,1-3H3. The molecule has 0 amide bonds. The molecule has 2 nitrogen and oxygen atoms in total. The van der Waals surface area contributed by atoms with Gasteiger partial charge in [0.25, 0.3) is 0 Å². The minimum Gasteiger partial charge on any atom is -0.459 e. The molecule has 0 saturated heterocycles. The second-order valence-electron chi connectivity index (χ2n) is 7.65. The largest absolute Gasteiger partial charge is 0.459 e. The van der Waals surface area contributed by atoms with Crippen LogP contribution >= 0.6 is 0 Å².